The fourth-order valence-electron chi connectivity index (χ4n) is 9.48. The van der Waals surface area contributed by atoms with E-state index in [1.807, 2.05) is 53.6 Å². The van der Waals surface area contributed by atoms with E-state index in [0.717, 1.165) is 135 Å². The summed E-state index contributed by atoms with van der Waals surface area (Å²) in [6, 6.07) is 27.2. The summed E-state index contributed by atoms with van der Waals surface area (Å²) in [6.45, 7) is 7.98. The number of benzene rings is 5. The molecule has 0 radical (unpaired) electrons. The van der Waals surface area contributed by atoms with Gasteiger partial charge in [0.15, 0.2) is 11.5 Å². The molecule has 6 aromatic rings. The SMILES string of the molecule is COc1cc2c(cc1OCCCCN1CCN(CCCCn3c4ccc(-c5ccc(OC(F)(F)F)cc5)cc4c4cc(-c5ccc(OC(F)(F)F)cc5)ccc43)CC1)N=C[C@@H]1CCCN1C2=O. The zero-order valence-electron chi connectivity index (χ0n) is 37.0. The Balaban J connectivity index is 0.791. The Morgan fingerprint density at radius 2 is 1.13 bits per heavy atom. The van der Waals surface area contributed by atoms with E-state index in [2.05, 4.69) is 28.8 Å². The number of rotatable bonds is 16. The number of alkyl halides is 6. The van der Waals surface area contributed by atoms with Gasteiger partial charge in [-0.3, -0.25) is 9.79 Å². The summed E-state index contributed by atoms with van der Waals surface area (Å²) < 4.78 is 99.2. The highest BCUT2D eigenvalue weighted by molar-refractivity contribution is 6.10. The second-order valence-electron chi connectivity index (χ2n) is 17.2. The summed E-state index contributed by atoms with van der Waals surface area (Å²) in [5.74, 6) is 0.514. The maximum atomic E-state index is 13.2. The molecule has 9 rings (SSSR count). The first-order chi connectivity index (χ1) is 32.3. The summed E-state index contributed by atoms with van der Waals surface area (Å²) in [7, 11) is 1.59. The molecule has 0 N–H and O–H groups in total. The summed E-state index contributed by atoms with van der Waals surface area (Å²) >= 11 is 0. The first-order valence-electron chi connectivity index (χ1n) is 22.7. The minimum absolute atomic E-state index is 0.0123. The highest BCUT2D eigenvalue weighted by atomic mass is 19.4. The predicted octanol–water partition coefficient (Wildman–Crippen LogP) is 11.5. The van der Waals surface area contributed by atoms with Gasteiger partial charge in [0, 0.05) is 73.4 Å². The van der Waals surface area contributed by atoms with Crippen molar-refractivity contribution in [3.05, 3.63) is 103 Å². The Bertz CT molecular complexity index is 2610. The minimum Gasteiger partial charge on any atom is -0.493 e. The zero-order chi connectivity index (χ0) is 46.7. The summed E-state index contributed by atoms with van der Waals surface area (Å²) in [5, 5.41) is 1.90. The number of piperazine rings is 1. The van der Waals surface area contributed by atoms with Crippen LogP contribution in [0.3, 0.4) is 0 Å². The van der Waals surface area contributed by atoms with Crippen molar-refractivity contribution in [3.8, 4) is 45.3 Å². The third-order valence-electron chi connectivity index (χ3n) is 12.9. The molecule has 10 nitrogen and oxygen atoms in total. The molecule has 67 heavy (non-hydrogen) atoms. The predicted molar refractivity (Wildman–Crippen MR) is 246 cm³/mol. The van der Waals surface area contributed by atoms with Gasteiger partial charge in [0.1, 0.15) is 11.5 Å². The normalized spacial score (nSPS) is 16.9. The number of methoxy groups -OCH3 is 1. The van der Waals surface area contributed by atoms with Gasteiger partial charge in [0.2, 0.25) is 0 Å². The molecule has 16 heteroatoms. The second kappa shape index (κ2) is 19.5. The van der Waals surface area contributed by atoms with E-state index in [-0.39, 0.29) is 23.4 Å². The molecule has 3 aliphatic rings. The van der Waals surface area contributed by atoms with Gasteiger partial charge in [0.05, 0.1) is 31.0 Å². The van der Waals surface area contributed by atoms with E-state index < -0.39 is 12.7 Å². The number of aliphatic imine (C=N–C) groups is 1. The van der Waals surface area contributed by atoms with Gasteiger partial charge in [-0.2, -0.15) is 0 Å². The number of aromatic nitrogens is 1. The number of fused-ring (bicyclic) bond motifs is 5. The largest absolute Gasteiger partial charge is 0.573 e. The lowest BCUT2D eigenvalue weighted by molar-refractivity contribution is -0.275. The molecular weight excluding hydrogens is 877 g/mol. The molecule has 0 unspecified atom stereocenters. The van der Waals surface area contributed by atoms with Gasteiger partial charge >= 0.3 is 12.7 Å². The van der Waals surface area contributed by atoms with Crippen LogP contribution in [0.4, 0.5) is 32.0 Å². The molecule has 5 aromatic carbocycles. The smallest absolute Gasteiger partial charge is 0.493 e. The van der Waals surface area contributed by atoms with Crippen LogP contribution in [0, 0.1) is 0 Å². The molecule has 0 bridgehead atoms. The lowest BCUT2D eigenvalue weighted by Gasteiger charge is -2.34. The van der Waals surface area contributed by atoms with Crippen LogP contribution in [0.5, 0.6) is 23.0 Å². The van der Waals surface area contributed by atoms with Gasteiger partial charge < -0.3 is 38.2 Å². The van der Waals surface area contributed by atoms with Crippen molar-refractivity contribution in [1.82, 2.24) is 19.3 Å². The van der Waals surface area contributed by atoms with Crippen LogP contribution in [0.1, 0.15) is 48.9 Å². The van der Waals surface area contributed by atoms with Crippen LogP contribution >= 0.6 is 0 Å². The van der Waals surface area contributed by atoms with Crippen LogP contribution in [0.15, 0.2) is 102 Å². The van der Waals surface area contributed by atoms with E-state index in [1.165, 1.54) is 24.3 Å². The van der Waals surface area contributed by atoms with Crippen LogP contribution in [0.25, 0.3) is 44.1 Å². The van der Waals surface area contributed by atoms with Crippen LogP contribution in [-0.2, 0) is 6.54 Å². The lowest BCUT2D eigenvalue weighted by atomic mass is 10.00. The molecule has 1 atom stereocenters. The van der Waals surface area contributed by atoms with E-state index in [1.54, 1.807) is 37.4 Å². The molecule has 1 aromatic heterocycles. The molecule has 2 saturated heterocycles. The van der Waals surface area contributed by atoms with Crippen LogP contribution < -0.4 is 18.9 Å². The Morgan fingerprint density at radius 3 is 1.67 bits per heavy atom. The number of carbonyl (C=O) groups excluding carboxylic acids is 1. The zero-order valence-corrected chi connectivity index (χ0v) is 37.0. The van der Waals surface area contributed by atoms with Gasteiger partial charge in [-0.15, -0.1) is 26.3 Å². The highest BCUT2D eigenvalue weighted by Crippen LogP contribution is 2.39. The third kappa shape index (κ3) is 10.8. The Morgan fingerprint density at radius 1 is 0.612 bits per heavy atom. The van der Waals surface area contributed by atoms with E-state index in [0.29, 0.717) is 29.4 Å². The van der Waals surface area contributed by atoms with Crippen molar-refractivity contribution in [2.45, 2.75) is 63.8 Å². The topological polar surface area (TPSA) is 81.0 Å². The van der Waals surface area contributed by atoms with Crippen molar-refractivity contribution < 1.29 is 50.1 Å². The maximum Gasteiger partial charge on any atom is 0.573 e. The molecule has 0 aliphatic carbocycles. The summed E-state index contributed by atoms with van der Waals surface area (Å²) in [5.41, 5.74) is 6.24. The van der Waals surface area contributed by atoms with Crippen molar-refractivity contribution in [3.63, 3.8) is 0 Å². The van der Waals surface area contributed by atoms with E-state index >= 15 is 0 Å². The van der Waals surface area contributed by atoms with Crippen LogP contribution in [-0.4, -0.2) is 110 Å². The van der Waals surface area contributed by atoms with Gasteiger partial charge in [-0.05, 0) is 128 Å². The number of nitrogens with zero attached hydrogens (tertiary/aromatic N) is 5. The molecule has 0 saturated carbocycles. The molecule has 352 valence electrons. The Hall–Kier alpha value is -6.26. The van der Waals surface area contributed by atoms with Gasteiger partial charge in [-0.1, -0.05) is 36.4 Å². The average molecular weight is 928 g/mol. The molecule has 4 heterocycles. The number of unbranched alkanes of at least 4 members (excludes halogenated alkanes) is 2. The molecule has 3 aliphatic heterocycles. The fourth-order valence-corrected chi connectivity index (χ4v) is 9.48. The van der Waals surface area contributed by atoms with Crippen LogP contribution in [0.2, 0.25) is 0 Å². The fraction of sp³-hybridized carbons (Fsp3) is 0.373. The number of carbonyl (C=O) groups is 1. The Labute approximate surface area is 384 Å². The van der Waals surface area contributed by atoms with Crippen molar-refractivity contribution in [1.29, 1.82) is 0 Å². The highest BCUT2D eigenvalue weighted by Gasteiger charge is 2.34. The number of aryl methyl sites for hydroxylation is 1. The summed E-state index contributed by atoms with van der Waals surface area (Å²) in [6.07, 6.45) is -1.99. The van der Waals surface area contributed by atoms with Crippen molar-refractivity contribution in [2.24, 2.45) is 4.99 Å². The number of hydrogen-bond acceptors (Lipinski definition) is 8. The lowest BCUT2D eigenvalue weighted by Crippen LogP contribution is -2.46. The number of hydrogen-bond donors (Lipinski definition) is 0. The number of halogens is 6. The first kappa shape index (κ1) is 45.9. The molecular formula is C51H51F6N5O5. The monoisotopic (exact) mass is 927 g/mol. The summed E-state index contributed by atoms with van der Waals surface area (Å²) in [4.78, 5) is 24.7. The molecule has 2 fully saturated rings. The number of amides is 1. The third-order valence-corrected chi connectivity index (χ3v) is 12.9. The van der Waals surface area contributed by atoms with E-state index in [9.17, 15) is 31.1 Å². The Kier molecular flexibility index (Phi) is 13.4. The number of ether oxygens (including phenoxy) is 4. The maximum absolute atomic E-state index is 13.2. The molecule has 1 amide bonds. The average Bonchev–Trinajstić information content (AvgIpc) is 3.88. The van der Waals surface area contributed by atoms with Gasteiger partial charge in [-0.25, -0.2) is 0 Å². The second-order valence-corrected chi connectivity index (χ2v) is 17.2. The van der Waals surface area contributed by atoms with E-state index in [4.69, 9.17) is 9.47 Å². The van der Waals surface area contributed by atoms with Crippen molar-refractivity contribution in [2.75, 3.05) is 59.5 Å². The molecule has 0 spiro atoms. The standard InChI is InChI=1S/C51H51F6N5O5/c1-64-47-31-43-44(58-33-38-7-6-23-61(38)49(43)63)32-48(47)65-28-5-4-21-60-26-24-59(25-27-60)20-2-3-22-62-45-18-12-36(34-8-14-39(15-9-34)66-50(52,53)54)29-41(45)42-30-37(13-19-46(42)62)35-10-16-40(17-11-35)67-51(55,56)57/h8-19,29-33,38H,2-7,20-28H2,1H3/t38-/m0/s1. The first-order valence-corrected chi connectivity index (χ1v) is 22.7. The van der Waals surface area contributed by atoms with Gasteiger partial charge in [0.25, 0.3) is 5.91 Å². The minimum atomic E-state index is -4.79. The quantitative estimate of drug-likeness (QED) is 0.0706. The van der Waals surface area contributed by atoms with Crippen molar-refractivity contribution >= 4 is 39.6 Å².